The van der Waals surface area contributed by atoms with Crippen LogP contribution in [0.1, 0.15) is 5.56 Å². The maximum absolute atomic E-state index is 8.95. The summed E-state index contributed by atoms with van der Waals surface area (Å²) in [4.78, 5) is 0. The molecule has 4 nitrogen and oxygen atoms in total. The Hall–Kier alpha value is -1.80. The van der Waals surface area contributed by atoms with Crippen molar-refractivity contribution in [1.29, 1.82) is 5.26 Å². The van der Waals surface area contributed by atoms with E-state index in [9.17, 15) is 0 Å². The van der Waals surface area contributed by atoms with E-state index >= 15 is 0 Å². The Labute approximate surface area is 95.1 Å². The Morgan fingerprint density at radius 3 is 2.87 bits per heavy atom. The number of halogens is 1. The molecule has 0 radical (unpaired) electrons. The molecule has 2 N–H and O–H groups in total. The van der Waals surface area contributed by atoms with Crippen molar-refractivity contribution >= 4 is 21.6 Å². The van der Waals surface area contributed by atoms with Crippen molar-refractivity contribution in [1.82, 2.24) is 9.78 Å². The lowest BCUT2D eigenvalue weighted by atomic mass is 10.2. The SMILES string of the molecule is N#Cc1cc(N)ccc1-n1cc(Br)cn1. The van der Waals surface area contributed by atoms with Crippen molar-refractivity contribution in [3.8, 4) is 11.8 Å². The van der Waals surface area contributed by atoms with Gasteiger partial charge in [0.25, 0.3) is 0 Å². The lowest BCUT2D eigenvalue weighted by molar-refractivity contribution is 0.877. The first-order valence-electron chi connectivity index (χ1n) is 4.21. The van der Waals surface area contributed by atoms with Crippen LogP contribution in [0.5, 0.6) is 0 Å². The number of nitrogen functional groups attached to an aromatic ring is 1. The number of nitrogens with two attached hydrogens (primary N) is 1. The molecule has 0 amide bonds. The summed E-state index contributed by atoms with van der Waals surface area (Å²) in [5.74, 6) is 0. The van der Waals surface area contributed by atoms with Crippen molar-refractivity contribution in [2.75, 3.05) is 5.73 Å². The van der Waals surface area contributed by atoms with E-state index in [-0.39, 0.29) is 0 Å². The number of rotatable bonds is 1. The molecule has 1 heterocycles. The van der Waals surface area contributed by atoms with E-state index in [1.54, 1.807) is 35.3 Å². The number of benzene rings is 1. The van der Waals surface area contributed by atoms with Gasteiger partial charge in [-0.15, -0.1) is 0 Å². The van der Waals surface area contributed by atoms with Gasteiger partial charge in [-0.1, -0.05) is 0 Å². The van der Waals surface area contributed by atoms with Crippen LogP contribution in [0.3, 0.4) is 0 Å². The number of nitriles is 1. The van der Waals surface area contributed by atoms with E-state index in [1.807, 2.05) is 0 Å². The van der Waals surface area contributed by atoms with Crippen LogP contribution in [0.4, 0.5) is 5.69 Å². The molecule has 0 saturated carbocycles. The van der Waals surface area contributed by atoms with Crippen LogP contribution in [0.25, 0.3) is 5.69 Å². The van der Waals surface area contributed by atoms with Gasteiger partial charge in [-0.25, -0.2) is 4.68 Å². The predicted molar refractivity (Wildman–Crippen MR) is 60.4 cm³/mol. The van der Waals surface area contributed by atoms with Crippen molar-refractivity contribution in [3.05, 3.63) is 40.6 Å². The van der Waals surface area contributed by atoms with Crippen LogP contribution in [0.15, 0.2) is 35.1 Å². The van der Waals surface area contributed by atoms with Crippen LogP contribution < -0.4 is 5.73 Å². The van der Waals surface area contributed by atoms with Crippen LogP contribution in [0.2, 0.25) is 0 Å². The normalized spacial score (nSPS) is 9.87. The maximum atomic E-state index is 8.95. The highest BCUT2D eigenvalue weighted by Crippen LogP contribution is 2.18. The van der Waals surface area contributed by atoms with Crippen molar-refractivity contribution in [2.45, 2.75) is 0 Å². The van der Waals surface area contributed by atoms with Gasteiger partial charge in [0, 0.05) is 11.9 Å². The summed E-state index contributed by atoms with van der Waals surface area (Å²) < 4.78 is 2.49. The van der Waals surface area contributed by atoms with E-state index in [4.69, 9.17) is 11.0 Å². The van der Waals surface area contributed by atoms with Gasteiger partial charge in [-0.3, -0.25) is 0 Å². The highest BCUT2D eigenvalue weighted by atomic mass is 79.9. The van der Waals surface area contributed by atoms with Gasteiger partial charge in [0.15, 0.2) is 0 Å². The Bertz CT molecular complexity index is 539. The Kier molecular flexibility index (Phi) is 2.44. The molecule has 0 aliphatic carbocycles. The average molecular weight is 263 g/mol. The van der Waals surface area contributed by atoms with Gasteiger partial charge in [-0.2, -0.15) is 10.4 Å². The summed E-state index contributed by atoms with van der Waals surface area (Å²) >= 11 is 3.30. The molecule has 0 unspecified atom stereocenters. The minimum Gasteiger partial charge on any atom is -0.399 e. The third-order valence-corrected chi connectivity index (χ3v) is 2.35. The Morgan fingerprint density at radius 2 is 2.27 bits per heavy atom. The molecule has 0 spiro atoms. The Morgan fingerprint density at radius 1 is 1.47 bits per heavy atom. The fourth-order valence-electron chi connectivity index (χ4n) is 1.28. The van der Waals surface area contributed by atoms with Gasteiger partial charge >= 0.3 is 0 Å². The number of hydrogen-bond donors (Lipinski definition) is 1. The standard InChI is InChI=1S/C10H7BrN4/c11-8-5-14-15(6-8)10-2-1-9(13)3-7(10)4-12/h1-3,5-6H,13H2. The molecule has 15 heavy (non-hydrogen) atoms. The van der Waals surface area contributed by atoms with Crippen LogP contribution >= 0.6 is 15.9 Å². The number of anilines is 1. The van der Waals surface area contributed by atoms with Crippen molar-refractivity contribution in [3.63, 3.8) is 0 Å². The van der Waals surface area contributed by atoms with Crippen molar-refractivity contribution < 1.29 is 0 Å². The van der Waals surface area contributed by atoms with E-state index < -0.39 is 0 Å². The Balaban J connectivity index is 2.58. The molecule has 2 rings (SSSR count). The predicted octanol–water partition coefficient (Wildman–Crippen LogP) is 2.09. The highest BCUT2D eigenvalue weighted by Gasteiger charge is 2.05. The van der Waals surface area contributed by atoms with Gasteiger partial charge in [-0.05, 0) is 34.1 Å². The zero-order valence-corrected chi connectivity index (χ0v) is 9.27. The van der Waals surface area contributed by atoms with Crippen LogP contribution in [-0.2, 0) is 0 Å². The van der Waals surface area contributed by atoms with Gasteiger partial charge < -0.3 is 5.73 Å². The molecular weight excluding hydrogens is 256 g/mol. The first kappa shape index (κ1) is 9.74. The second kappa shape index (κ2) is 3.75. The average Bonchev–Trinajstić information content (AvgIpc) is 2.64. The molecule has 74 valence electrons. The van der Waals surface area contributed by atoms with E-state index in [2.05, 4.69) is 27.1 Å². The fourth-order valence-corrected chi connectivity index (χ4v) is 1.56. The third kappa shape index (κ3) is 1.85. The third-order valence-electron chi connectivity index (χ3n) is 1.94. The number of hydrogen-bond acceptors (Lipinski definition) is 3. The largest absolute Gasteiger partial charge is 0.399 e. The summed E-state index contributed by atoms with van der Waals surface area (Å²) in [6, 6.07) is 7.23. The minimum absolute atomic E-state index is 0.505. The molecule has 0 bridgehead atoms. The van der Waals surface area contributed by atoms with E-state index in [1.165, 1.54) is 0 Å². The molecule has 0 atom stereocenters. The zero-order valence-electron chi connectivity index (χ0n) is 7.68. The highest BCUT2D eigenvalue weighted by molar-refractivity contribution is 9.10. The monoisotopic (exact) mass is 262 g/mol. The molecule has 5 heteroatoms. The second-order valence-electron chi connectivity index (χ2n) is 2.99. The van der Waals surface area contributed by atoms with E-state index in [0.717, 1.165) is 10.2 Å². The van der Waals surface area contributed by atoms with Crippen LogP contribution in [-0.4, -0.2) is 9.78 Å². The van der Waals surface area contributed by atoms with Crippen molar-refractivity contribution in [2.24, 2.45) is 0 Å². The summed E-state index contributed by atoms with van der Waals surface area (Å²) in [6.07, 6.45) is 3.45. The molecule has 1 aromatic carbocycles. The number of nitrogens with zero attached hydrogens (tertiary/aromatic N) is 3. The van der Waals surface area contributed by atoms with E-state index in [0.29, 0.717) is 11.3 Å². The molecule has 0 aliphatic rings. The topological polar surface area (TPSA) is 67.6 Å². The van der Waals surface area contributed by atoms with Crippen LogP contribution in [0, 0.1) is 11.3 Å². The molecular formula is C10H7BrN4. The molecule has 0 saturated heterocycles. The smallest absolute Gasteiger partial charge is 0.101 e. The molecule has 0 fully saturated rings. The number of aromatic nitrogens is 2. The fraction of sp³-hybridized carbons (Fsp3) is 0. The molecule has 0 aliphatic heterocycles. The van der Waals surface area contributed by atoms with Gasteiger partial charge in [0.2, 0.25) is 0 Å². The molecule has 2 aromatic rings. The minimum atomic E-state index is 0.505. The second-order valence-corrected chi connectivity index (χ2v) is 3.91. The maximum Gasteiger partial charge on any atom is 0.101 e. The zero-order chi connectivity index (χ0) is 10.8. The lowest BCUT2D eigenvalue weighted by Crippen LogP contribution is -1.98. The first-order chi connectivity index (χ1) is 7.20. The summed E-state index contributed by atoms with van der Waals surface area (Å²) in [7, 11) is 0. The summed E-state index contributed by atoms with van der Waals surface area (Å²) in [5, 5.41) is 13.1. The lowest BCUT2D eigenvalue weighted by Gasteiger charge is -2.04. The summed E-state index contributed by atoms with van der Waals surface area (Å²) in [6.45, 7) is 0. The van der Waals surface area contributed by atoms with Gasteiger partial charge in [0.05, 0.1) is 21.9 Å². The molecule has 1 aromatic heterocycles. The quantitative estimate of drug-likeness (QED) is 0.801. The summed E-state index contributed by atoms with van der Waals surface area (Å²) in [5.41, 5.74) is 7.39. The first-order valence-corrected chi connectivity index (χ1v) is 5.00. The van der Waals surface area contributed by atoms with Gasteiger partial charge in [0.1, 0.15) is 6.07 Å².